The Labute approximate surface area is 373 Å². The van der Waals surface area contributed by atoms with Crippen molar-refractivity contribution in [2.45, 2.75) is 178 Å². The maximum Gasteiger partial charge on any atom is 0.187 e. The van der Waals surface area contributed by atoms with Gasteiger partial charge in [0.15, 0.2) is 31.5 Å². The SMILES string of the molecule is OC[C@H]1NC[C@H](O)[C@@H](O)[C@@H]1O[C@@H]1O[C@H](CO)[C@@H](O[C@@H]2O[C@H](CO)[C@@H](O[C@@H]3O[C@H](CO)[C@@H](O[C@@H]4O[C@H](CO)[C@@H](O[C@@H]5O[C@H](CO)[C@@H](O)[C@H](O)[C@H]5O)[C@H](O)[C@H]4O)[C@H](O)[C@H]3O)[C@H](O)[C@H]2O)[C@H](O)[C@H]1O. The van der Waals surface area contributed by atoms with E-state index in [1.54, 1.807) is 0 Å². The average molecular weight is 974 g/mol. The van der Waals surface area contributed by atoms with Crippen LogP contribution in [0.3, 0.4) is 0 Å². The maximum absolute atomic E-state index is 11.2. The molecule has 6 aliphatic heterocycles. The van der Waals surface area contributed by atoms with Gasteiger partial charge in [0.1, 0.15) is 134 Å². The highest BCUT2D eigenvalue weighted by molar-refractivity contribution is 5.00. The molecule has 30 nitrogen and oxygen atoms in total. The van der Waals surface area contributed by atoms with Crippen LogP contribution in [0.15, 0.2) is 0 Å². The number of ether oxygens (including phenoxy) is 10. The van der Waals surface area contributed by atoms with Gasteiger partial charge in [-0.3, -0.25) is 0 Å². The highest BCUT2D eigenvalue weighted by Gasteiger charge is 2.57. The van der Waals surface area contributed by atoms with E-state index in [2.05, 4.69) is 5.32 Å². The Hall–Kier alpha value is -1.20. The first-order chi connectivity index (χ1) is 31.3. The van der Waals surface area contributed by atoms with E-state index in [0.29, 0.717) is 0 Å². The third-order valence-corrected chi connectivity index (χ3v) is 12.5. The van der Waals surface area contributed by atoms with Gasteiger partial charge in [-0.25, -0.2) is 0 Å². The molecule has 6 heterocycles. The summed E-state index contributed by atoms with van der Waals surface area (Å²) in [6, 6.07) is -0.946. The fourth-order valence-corrected chi connectivity index (χ4v) is 8.60. The zero-order valence-electron chi connectivity index (χ0n) is 34.8. The van der Waals surface area contributed by atoms with Crippen LogP contribution in [-0.4, -0.2) is 321 Å². The minimum absolute atomic E-state index is 0.104. The molecule has 29 atom stereocenters. The summed E-state index contributed by atoms with van der Waals surface area (Å²) in [6.45, 7) is -5.38. The lowest BCUT2D eigenvalue weighted by molar-refractivity contribution is -0.394. The molecule has 20 N–H and O–H groups in total. The highest BCUT2D eigenvalue weighted by atomic mass is 16.8. The lowest BCUT2D eigenvalue weighted by Gasteiger charge is -2.49. The summed E-state index contributed by atoms with van der Waals surface area (Å²) in [5, 5.41) is 202. The van der Waals surface area contributed by atoms with E-state index < -0.39 is 218 Å². The molecule has 66 heavy (non-hydrogen) atoms. The van der Waals surface area contributed by atoms with Crippen LogP contribution in [-0.2, 0) is 47.4 Å². The lowest BCUT2D eigenvalue weighted by Crippen LogP contribution is -2.68. The molecule has 0 aliphatic carbocycles. The molecule has 6 fully saturated rings. The Bertz CT molecular complexity index is 1470. The lowest BCUT2D eigenvalue weighted by atomic mass is 9.94. The molecule has 0 unspecified atom stereocenters. The number of rotatable bonds is 16. The molecule has 0 bridgehead atoms. The molecular formula is C36H63NO29. The van der Waals surface area contributed by atoms with Gasteiger partial charge in [0.05, 0.1) is 51.8 Å². The third kappa shape index (κ3) is 11.0. The molecular weight excluding hydrogens is 910 g/mol. The Morgan fingerprint density at radius 1 is 0.303 bits per heavy atom. The molecule has 0 aromatic heterocycles. The second-order valence-electron chi connectivity index (χ2n) is 16.8. The van der Waals surface area contributed by atoms with Gasteiger partial charge in [0, 0.05) is 6.54 Å². The van der Waals surface area contributed by atoms with Gasteiger partial charge >= 0.3 is 0 Å². The first kappa shape index (κ1) is 54.1. The van der Waals surface area contributed by atoms with Crippen molar-refractivity contribution in [1.82, 2.24) is 5.32 Å². The van der Waals surface area contributed by atoms with E-state index in [4.69, 9.17) is 47.4 Å². The van der Waals surface area contributed by atoms with Crippen molar-refractivity contribution in [3.8, 4) is 0 Å². The summed E-state index contributed by atoms with van der Waals surface area (Å²) in [5.41, 5.74) is 0. The van der Waals surface area contributed by atoms with Crippen LogP contribution in [0.2, 0.25) is 0 Å². The Morgan fingerprint density at radius 3 is 0.864 bits per heavy atom. The van der Waals surface area contributed by atoms with Gasteiger partial charge < -0.3 is 150 Å². The first-order valence-electron chi connectivity index (χ1n) is 21.1. The first-order valence-corrected chi connectivity index (χ1v) is 21.1. The van der Waals surface area contributed by atoms with Gasteiger partial charge in [-0.1, -0.05) is 0 Å². The number of hydrogen-bond donors (Lipinski definition) is 20. The van der Waals surface area contributed by atoms with Crippen molar-refractivity contribution in [3.05, 3.63) is 0 Å². The predicted molar refractivity (Wildman–Crippen MR) is 200 cm³/mol. The molecule has 6 saturated heterocycles. The van der Waals surface area contributed by atoms with Crippen LogP contribution in [0, 0.1) is 0 Å². The molecule has 0 amide bonds. The van der Waals surface area contributed by atoms with Crippen molar-refractivity contribution < 1.29 is 144 Å². The standard InChI is InChI=1S/C36H63NO29/c38-2-8-27(15(45)9(44)1-37-8)62-33-23(53)18(48)29(11(4-40)58-33)64-35-25(55)20(50)31(13(6-42)60-35)66-36-26(56)21(51)30(14(7-43)61-36)65-34-24(54)19(49)28(12(5-41)59-34)63-32-22(52)17(47)16(46)10(3-39)57-32/h8-56H,1-7H2/t8-,9+,10-,11-,12-,13-,14-,15-,16-,17+,18-,19-,20-,21-,22-,23-,24-,25-,26-,27-,28-,29-,30-,31-,32+,33+,34+,35+,36+/m1/s1. The molecule has 386 valence electrons. The molecule has 0 aromatic carbocycles. The Morgan fingerprint density at radius 2 is 0.576 bits per heavy atom. The molecule has 0 spiro atoms. The molecule has 0 radical (unpaired) electrons. The number of piperidine rings is 1. The minimum Gasteiger partial charge on any atom is -0.395 e. The molecule has 6 aliphatic rings. The van der Waals surface area contributed by atoms with Crippen LogP contribution >= 0.6 is 0 Å². The van der Waals surface area contributed by atoms with Crippen LogP contribution < -0.4 is 5.32 Å². The summed E-state index contributed by atoms with van der Waals surface area (Å²) in [7, 11) is 0. The number of β-amino-alcohol motifs (C(OH)–C–C–N with tert-alkyl or cyclic N) is 1. The van der Waals surface area contributed by atoms with E-state index in [-0.39, 0.29) is 6.54 Å². The van der Waals surface area contributed by atoms with E-state index >= 15 is 0 Å². The summed E-state index contributed by atoms with van der Waals surface area (Å²) < 4.78 is 55.8. The average Bonchev–Trinajstić information content (AvgIpc) is 3.31. The van der Waals surface area contributed by atoms with Crippen molar-refractivity contribution in [2.75, 3.05) is 46.2 Å². The monoisotopic (exact) mass is 973 g/mol. The summed E-state index contributed by atoms with van der Waals surface area (Å²) in [6.07, 6.45) is -51.1. The van der Waals surface area contributed by atoms with Crippen molar-refractivity contribution in [1.29, 1.82) is 0 Å². The second-order valence-corrected chi connectivity index (χ2v) is 16.8. The minimum atomic E-state index is -2.16. The van der Waals surface area contributed by atoms with Gasteiger partial charge in [0.2, 0.25) is 0 Å². The van der Waals surface area contributed by atoms with E-state index in [9.17, 15) is 97.0 Å². The largest absolute Gasteiger partial charge is 0.395 e. The van der Waals surface area contributed by atoms with Crippen molar-refractivity contribution >= 4 is 0 Å². The zero-order valence-corrected chi connectivity index (χ0v) is 34.8. The maximum atomic E-state index is 11.2. The quantitative estimate of drug-likeness (QED) is 0.0683. The summed E-state index contributed by atoms with van der Waals surface area (Å²) in [5.74, 6) is 0. The van der Waals surface area contributed by atoms with Gasteiger partial charge in [-0.2, -0.15) is 0 Å². The fraction of sp³-hybridized carbons (Fsp3) is 1.00. The van der Waals surface area contributed by atoms with Crippen LogP contribution in [0.1, 0.15) is 0 Å². The Balaban J connectivity index is 1.07. The molecule has 6 rings (SSSR count). The molecule has 0 saturated carbocycles. The third-order valence-electron chi connectivity index (χ3n) is 12.5. The number of aliphatic hydroxyl groups excluding tert-OH is 19. The number of aliphatic hydroxyl groups is 19. The number of nitrogens with one attached hydrogen (secondary N) is 1. The molecule has 0 aromatic rings. The van der Waals surface area contributed by atoms with Gasteiger partial charge in [-0.05, 0) is 0 Å². The molecule has 30 heteroatoms. The van der Waals surface area contributed by atoms with Gasteiger partial charge in [0.25, 0.3) is 0 Å². The van der Waals surface area contributed by atoms with Crippen LogP contribution in [0.5, 0.6) is 0 Å². The zero-order chi connectivity index (χ0) is 48.5. The van der Waals surface area contributed by atoms with E-state index in [1.807, 2.05) is 0 Å². The smallest absolute Gasteiger partial charge is 0.187 e. The van der Waals surface area contributed by atoms with E-state index in [1.165, 1.54) is 0 Å². The topological polar surface area (TPSA) is 489 Å². The second kappa shape index (κ2) is 23.4. The van der Waals surface area contributed by atoms with E-state index in [0.717, 1.165) is 0 Å². The van der Waals surface area contributed by atoms with Gasteiger partial charge in [-0.15, -0.1) is 0 Å². The summed E-state index contributed by atoms with van der Waals surface area (Å²) >= 11 is 0. The Kier molecular flexibility index (Phi) is 19.2. The predicted octanol–water partition coefficient (Wildman–Crippen LogP) is -13.8. The summed E-state index contributed by atoms with van der Waals surface area (Å²) in [4.78, 5) is 0. The normalized spacial score (nSPS) is 52.9. The highest BCUT2D eigenvalue weighted by Crippen LogP contribution is 2.36. The van der Waals surface area contributed by atoms with Crippen LogP contribution in [0.4, 0.5) is 0 Å². The van der Waals surface area contributed by atoms with Crippen LogP contribution in [0.25, 0.3) is 0 Å². The van der Waals surface area contributed by atoms with Crippen molar-refractivity contribution in [3.63, 3.8) is 0 Å². The number of hydrogen-bond acceptors (Lipinski definition) is 30. The van der Waals surface area contributed by atoms with Crippen molar-refractivity contribution in [2.24, 2.45) is 0 Å². The fourth-order valence-electron chi connectivity index (χ4n) is 8.60.